The molecule has 1 unspecified atom stereocenters. The van der Waals surface area contributed by atoms with E-state index in [1.165, 1.54) is 16.7 Å². The van der Waals surface area contributed by atoms with Crippen molar-refractivity contribution >= 4 is 5.91 Å². The molecule has 0 saturated heterocycles. The molecule has 1 fully saturated rings. The molecule has 0 aromatic heterocycles. The second-order valence-electron chi connectivity index (χ2n) is 6.43. The molecule has 3 nitrogen and oxygen atoms in total. The number of hydrogen-bond acceptors (Lipinski definition) is 2. The molecular formula is C20H21NO2. The molecule has 0 radical (unpaired) electrons. The van der Waals surface area contributed by atoms with E-state index in [4.69, 9.17) is 4.74 Å². The molecule has 0 spiro atoms. The van der Waals surface area contributed by atoms with Crippen LogP contribution in [0.25, 0.3) is 0 Å². The van der Waals surface area contributed by atoms with Crippen molar-refractivity contribution in [2.75, 3.05) is 13.7 Å². The first-order chi connectivity index (χ1) is 11.3. The van der Waals surface area contributed by atoms with Crippen LogP contribution in [0.15, 0.2) is 48.5 Å². The lowest BCUT2D eigenvalue weighted by molar-refractivity contribution is -0.134. The highest BCUT2D eigenvalue weighted by Crippen LogP contribution is 2.40. The van der Waals surface area contributed by atoms with Gasteiger partial charge >= 0.3 is 0 Å². The van der Waals surface area contributed by atoms with E-state index in [0.29, 0.717) is 5.91 Å². The minimum Gasteiger partial charge on any atom is -0.497 e. The SMILES string of the molecule is COc1ccc2c(c1)CCN(C(=O)C1CC1)C2c1ccccc1. The fourth-order valence-electron chi connectivity index (χ4n) is 3.53. The molecule has 23 heavy (non-hydrogen) atoms. The summed E-state index contributed by atoms with van der Waals surface area (Å²) in [6, 6.07) is 16.6. The van der Waals surface area contributed by atoms with Gasteiger partial charge in [0.2, 0.25) is 5.91 Å². The third-order valence-corrected chi connectivity index (χ3v) is 4.90. The molecule has 2 aromatic carbocycles. The number of ether oxygens (including phenoxy) is 1. The molecule has 1 aliphatic heterocycles. The summed E-state index contributed by atoms with van der Waals surface area (Å²) in [4.78, 5) is 14.9. The zero-order chi connectivity index (χ0) is 15.8. The molecule has 4 rings (SSSR count). The maximum atomic E-state index is 12.8. The number of nitrogens with zero attached hydrogens (tertiary/aromatic N) is 1. The molecule has 2 aliphatic rings. The summed E-state index contributed by atoms with van der Waals surface area (Å²) in [6.07, 6.45) is 2.99. The molecule has 1 amide bonds. The molecule has 118 valence electrons. The van der Waals surface area contributed by atoms with Gasteiger partial charge in [-0.3, -0.25) is 4.79 Å². The summed E-state index contributed by atoms with van der Waals surface area (Å²) < 4.78 is 5.36. The number of hydrogen-bond donors (Lipinski definition) is 0. The van der Waals surface area contributed by atoms with Gasteiger partial charge in [-0.25, -0.2) is 0 Å². The summed E-state index contributed by atoms with van der Waals surface area (Å²) in [6.45, 7) is 0.787. The minimum absolute atomic E-state index is 0.0268. The second-order valence-corrected chi connectivity index (χ2v) is 6.43. The molecule has 3 heteroatoms. The van der Waals surface area contributed by atoms with Gasteiger partial charge in [0.25, 0.3) is 0 Å². The molecule has 1 aliphatic carbocycles. The summed E-state index contributed by atoms with van der Waals surface area (Å²) in [7, 11) is 1.70. The van der Waals surface area contributed by atoms with E-state index < -0.39 is 0 Å². The Labute approximate surface area is 136 Å². The Bertz CT molecular complexity index is 722. The van der Waals surface area contributed by atoms with Crippen molar-refractivity contribution in [2.45, 2.75) is 25.3 Å². The predicted molar refractivity (Wildman–Crippen MR) is 89.4 cm³/mol. The largest absolute Gasteiger partial charge is 0.497 e. The second kappa shape index (κ2) is 5.73. The minimum atomic E-state index is 0.0268. The molecule has 1 heterocycles. The molecule has 1 saturated carbocycles. The van der Waals surface area contributed by atoms with Gasteiger partial charge in [-0.1, -0.05) is 36.4 Å². The highest BCUT2D eigenvalue weighted by Gasteiger charge is 2.39. The van der Waals surface area contributed by atoms with Crippen LogP contribution >= 0.6 is 0 Å². The van der Waals surface area contributed by atoms with Crippen LogP contribution in [0.4, 0.5) is 0 Å². The molecule has 2 aromatic rings. The highest BCUT2D eigenvalue weighted by atomic mass is 16.5. The van der Waals surface area contributed by atoms with Crippen LogP contribution in [-0.4, -0.2) is 24.5 Å². The maximum absolute atomic E-state index is 12.8. The fourth-order valence-corrected chi connectivity index (χ4v) is 3.53. The van der Waals surface area contributed by atoms with Crippen LogP contribution in [0, 0.1) is 5.92 Å². The van der Waals surface area contributed by atoms with E-state index in [1.807, 2.05) is 24.3 Å². The van der Waals surface area contributed by atoms with Crippen molar-refractivity contribution in [1.29, 1.82) is 0 Å². The van der Waals surface area contributed by atoms with Gasteiger partial charge in [-0.05, 0) is 48.1 Å². The summed E-state index contributed by atoms with van der Waals surface area (Å²) in [5.74, 6) is 1.46. The first-order valence-corrected chi connectivity index (χ1v) is 8.30. The summed E-state index contributed by atoms with van der Waals surface area (Å²) in [5, 5.41) is 0. The Morgan fingerprint density at radius 1 is 1.13 bits per heavy atom. The first kappa shape index (κ1) is 14.3. The molecule has 1 atom stereocenters. The van der Waals surface area contributed by atoms with Crippen molar-refractivity contribution in [3.8, 4) is 5.75 Å². The lowest BCUT2D eigenvalue weighted by Gasteiger charge is -2.38. The van der Waals surface area contributed by atoms with Gasteiger partial charge in [0.05, 0.1) is 13.2 Å². The van der Waals surface area contributed by atoms with E-state index in [-0.39, 0.29) is 12.0 Å². The van der Waals surface area contributed by atoms with Crippen LogP contribution in [0.1, 0.15) is 35.6 Å². The smallest absolute Gasteiger partial charge is 0.226 e. The van der Waals surface area contributed by atoms with E-state index in [2.05, 4.69) is 29.2 Å². The maximum Gasteiger partial charge on any atom is 0.226 e. The predicted octanol–water partition coefficient (Wildman–Crippen LogP) is 3.58. The Morgan fingerprint density at radius 3 is 2.61 bits per heavy atom. The van der Waals surface area contributed by atoms with E-state index in [0.717, 1.165) is 31.6 Å². The zero-order valence-electron chi connectivity index (χ0n) is 13.4. The number of methoxy groups -OCH3 is 1. The first-order valence-electron chi connectivity index (χ1n) is 8.30. The fraction of sp³-hybridized carbons (Fsp3) is 0.350. The monoisotopic (exact) mass is 307 g/mol. The third kappa shape index (κ3) is 2.61. The van der Waals surface area contributed by atoms with Crippen LogP contribution in [0.2, 0.25) is 0 Å². The van der Waals surface area contributed by atoms with Gasteiger partial charge in [-0.2, -0.15) is 0 Å². The number of carbonyl (C=O) groups is 1. The van der Waals surface area contributed by atoms with Crippen molar-refractivity contribution in [3.05, 3.63) is 65.2 Å². The van der Waals surface area contributed by atoms with Gasteiger partial charge in [-0.15, -0.1) is 0 Å². The van der Waals surface area contributed by atoms with Crippen LogP contribution in [-0.2, 0) is 11.2 Å². The lowest BCUT2D eigenvalue weighted by atomic mass is 9.87. The van der Waals surface area contributed by atoms with Gasteiger partial charge in [0, 0.05) is 12.5 Å². The van der Waals surface area contributed by atoms with Crippen LogP contribution < -0.4 is 4.74 Å². The molecule has 0 N–H and O–H groups in total. The average Bonchev–Trinajstić information content (AvgIpc) is 3.45. The standard InChI is InChI=1S/C20H21NO2/c1-23-17-9-10-18-16(13-17)11-12-21(20(22)15-7-8-15)19(18)14-5-3-2-4-6-14/h2-6,9-10,13,15,19H,7-8,11-12H2,1H3. The van der Waals surface area contributed by atoms with E-state index >= 15 is 0 Å². The zero-order valence-corrected chi connectivity index (χ0v) is 13.4. The summed E-state index contributed by atoms with van der Waals surface area (Å²) >= 11 is 0. The third-order valence-electron chi connectivity index (χ3n) is 4.90. The molecule has 0 bridgehead atoms. The van der Waals surface area contributed by atoms with Crippen molar-refractivity contribution in [3.63, 3.8) is 0 Å². The average molecular weight is 307 g/mol. The Morgan fingerprint density at radius 2 is 1.91 bits per heavy atom. The van der Waals surface area contributed by atoms with Crippen LogP contribution in [0.3, 0.4) is 0 Å². The lowest BCUT2D eigenvalue weighted by Crippen LogP contribution is -2.41. The van der Waals surface area contributed by atoms with Gasteiger partial charge < -0.3 is 9.64 Å². The number of carbonyl (C=O) groups excluding carboxylic acids is 1. The topological polar surface area (TPSA) is 29.5 Å². The quantitative estimate of drug-likeness (QED) is 0.867. The van der Waals surface area contributed by atoms with Gasteiger partial charge in [0.1, 0.15) is 5.75 Å². The van der Waals surface area contributed by atoms with Gasteiger partial charge in [0.15, 0.2) is 0 Å². The van der Waals surface area contributed by atoms with Crippen molar-refractivity contribution in [2.24, 2.45) is 5.92 Å². The Kier molecular flexibility index (Phi) is 3.56. The molecular weight excluding hydrogens is 286 g/mol. The highest BCUT2D eigenvalue weighted by molar-refractivity contribution is 5.82. The number of amides is 1. The number of fused-ring (bicyclic) bond motifs is 1. The summed E-state index contributed by atoms with van der Waals surface area (Å²) in [5.41, 5.74) is 3.71. The normalized spacial score (nSPS) is 20.0. The Balaban J connectivity index is 1.79. The number of rotatable bonds is 3. The van der Waals surface area contributed by atoms with E-state index in [1.54, 1.807) is 7.11 Å². The Hall–Kier alpha value is -2.29. The number of benzene rings is 2. The van der Waals surface area contributed by atoms with Crippen molar-refractivity contribution in [1.82, 2.24) is 4.90 Å². The van der Waals surface area contributed by atoms with Crippen molar-refractivity contribution < 1.29 is 9.53 Å². The van der Waals surface area contributed by atoms with Crippen LogP contribution in [0.5, 0.6) is 5.75 Å². The van der Waals surface area contributed by atoms with E-state index in [9.17, 15) is 4.79 Å².